The van der Waals surface area contributed by atoms with Crippen LogP contribution >= 0.6 is 0 Å². The van der Waals surface area contributed by atoms with E-state index in [1.165, 1.54) is 0 Å². The first kappa shape index (κ1) is 20.0. The van der Waals surface area contributed by atoms with Crippen molar-refractivity contribution in [2.75, 3.05) is 37.7 Å². The summed E-state index contributed by atoms with van der Waals surface area (Å²) in [6.07, 6.45) is 0. The number of rotatable bonds is 6. The van der Waals surface area contributed by atoms with Gasteiger partial charge in [0, 0.05) is 26.2 Å². The highest BCUT2D eigenvalue weighted by molar-refractivity contribution is 5.87. The van der Waals surface area contributed by atoms with Crippen molar-refractivity contribution in [3.8, 4) is 5.75 Å². The van der Waals surface area contributed by atoms with Gasteiger partial charge in [-0.05, 0) is 30.2 Å². The molecule has 0 saturated carbocycles. The summed E-state index contributed by atoms with van der Waals surface area (Å²) in [6.45, 7) is 5.65. The lowest BCUT2D eigenvalue weighted by Crippen LogP contribution is -2.50. The molecule has 0 N–H and O–H groups in total. The van der Waals surface area contributed by atoms with E-state index in [1.807, 2.05) is 90.7 Å². The summed E-state index contributed by atoms with van der Waals surface area (Å²) in [7, 11) is 0. The fraction of sp³-hybridized carbons (Fsp3) is 0.269. The van der Waals surface area contributed by atoms with Crippen molar-refractivity contribution >= 4 is 11.6 Å². The van der Waals surface area contributed by atoms with Gasteiger partial charge in [-0.2, -0.15) is 0 Å². The molecule has 1 fully saturated rings. The van der Waals surface area contributed by atoms with Crippen molar-refractivity contribution in [3.05, 3.63) is 96.1 Å². The van der Waals surface area contributed by atoms with E-state index in [9.17, 15) is 4.79 Å². The maximum Gasteiger partial charge on any atom is 0.234 e. The normalized spacial score (nSPS) is 14.1. The summed E-state index contributed by atoms with van der Waals surface area (Å²) >= 11 is 0. The topological polar surface area (TPSA) is 32.8 Å². The summed E-state index contributed by atoms with van der Waals surface area (Å²) in [5.74, 6) is 0.811. The highest BCUT2D eigenvalue weighted by Gasteiger charge is 2.30. The quantitative estimate of drug-likeness (QED) is 0.608. The molecular weight excluding hydrogens is 372 g/mol. The third-order valence-corrected chi connectivity index (χ3v) is 5.61. The van der Waals surface area contributed by atoms with Crippen LogP contribution in [0, 0.1) is 0 Å². The standard InChI is InChI=1S/C26H28N2O2/c1-2-30-24-16-10-9-15-23(24)27-17-19-28(20-18-27)26(29)25(21-11-5-3-6-12-21)22-13-7-4-8-14-22/h3-16,25H,2,17-20H2,1H3. The maximum absolute atomic E-state index is 13.6. The monoisotopic (exact) mass is 400 g/mol. The highest BCUT2D eigenvalue weighted by Crippen LogP contribution is 2.31. The lowest BCUT2D eigenvalue weighted by Gasteiger charge is -2.38. The minimum absolute atomic E-state index is 0.171. The predicted molar refractivity (Wildman–Crippen MR) is 121 cm³/mol. The van der Waals surface area contributed by atoms with E-state index >= 15 is 0 Å². The molecule has 1 amide bonds. The number of ether oxygens (including phenoxy) is 1. The Balaban J connectivity index is 1.51. The van der Waals surface area contributed by atoms with Gasteiger partial charge in [0.05, 0.1) is 18.2 Å². The second-order valence-electron chi connectivity index (χ2n) is 7.47. The molecule has 1 aliphatic rings. The first-order chi connectivity index (χ1) is 14.8. The molecule has 0 aromatic heterocycles. The molecule has 4 nitrogen and oxygen atoms in total. The Morgan fingerprint density at radius 1 is 0.800 bits per heavy atom. The van der Waals surface area contributed by atoms with Gasteiger partial charge in [0.1, 0.15) is 5.75 Å². The van der Waals surface area contributed by atoms with E-state index in [-0.39, 0.29) is 11.8 Å². The Morgan fingerprint density at radius 3 is 1.90 bits per heavy atom. The van der Waals surface area contributed by atoms with Crippen molar-refractivity contribution in [2.45, 2.75) is 12.8 Å². The molecule has 1 heterocycles. The van der Waals surface area contributed by atoms with E-state index in [0.29, 0.717) is 19.7 Å². The van der Waals surface area contributed by atoms with E-state index in [1.54, 1.807) is 0 Å². The molecule has 0 spiro atoms. The van der Waals surface area contributed by atoms with Gasteiger partial charge in [0.2, 0.25) is 5.91 Å². The zero-order valence-corrected chi connectivity index (χ0v) is 17.4. The van der Waals surface area contributed by atoms with Gasteiger partial charge in [0.25, 0.3) is 0 Å². The largest absolute Gasteiger partial charge is 0.492 e. The molecule has 0 aliphatic carbocycles. The number of nitrogens with zero attached hydrogens (tertiary/aromatic N) is 2. The maximum atomic E-state index is 13.6. The van der Waals surface area contributed by atoms with Crippen LogP contribution in [0.25, 0.3) is 0 Å². The average Bonchev–Trinajstić information content (AvgIpc) is 2.81. The van der Waals surface area contributed by atoms with Crippen LogP contribution in [-0.4, -0.2) is 43.6 Å². The van der Waals surface area contributed by atoms with Gasteiger partial charge in [-0.25, -0.2) is 0 Å². The molecule has 3 aromatic rings. The average molecular weight is 401 g/mol. The summed E-state index contributed by atoms with van der Waals surface area (Å²) in [5, 5.41) is 0. The lowest BCUT2D eigenvalue weighted by atomic mass is 9.90. The van der Waals surface area contributed by atoms with E-state index < -0.39 is 0 Å². The van der Waals surface area contributed by atoms with Crippen LogP contribution in [0.2, 0.25) is 0 Å². The van der Waals surface area contributed by atoms with Gasteiger partial charge < -0.3 is 14.5 Å². The summed E-state index contributed by atoms with van der Waals surface area (Å²) in [6, 6.07) is 28.3. The van der Waals surface area contributed by atoms with Gasteiger partial charge in [-0.15, -0.1) is 0 Å². The molecule has 154 valence electrons. The third kappa shape index (κ3) is 4.33. The molecule has 0 radical (unpaired) electrons. The fourth-order valence-corrected chi connectivity index (χ4v) is 4.11. The number of hydrogen-bond acceptors (Lipinski definition) is 3. The lowest BCUT2D eigenvalue weighted by molar-refractivity contribution is -0.132. The Morgan fingerprint density at radius 2 is 1.33 bits per heavy atom. The number of carbonyl (C=O) groups is 1. The molecular formula is C26H28N2O2. The zero-order chi connectivity index (χ0) is 20.8. The first-order valence-electron chi connectivity index (χ1n) is 10.6. The fourth-order valence-electron chi connectivity index (χ4n) is 4.11. The Labute approximate surface area is 178 Å². The molecule has 30 heavy (non-hydrogen) atoms. The van der Waals surface area contributed by atoms with Crippen molar-refractivity contribution < 1.29 is 9.53 Å². The van der Waals surface area contributed by atoms with Crippen molar-refractivity contribution in [3.63, 3.8) is 0 Å². The highest BCUT2D eigenvalue weighted by atomic mass is 16.5. The Bertz CT molecular complexity index is 912. The number of piperazine rings is 1. The van der Waals surface area contributed by atoms with Crippen LogP contribution in [-0.2, 0) is 4.79 Å². The Hall–Kier alpha value is -3.27. The number of benzene rings is 3. The SMILES string of the molecule is CCOc1ccccc1N1CCN(C(=O)C(c2ccccc2)c2ccccc2)CC1. The molecule has 4 heteroatoms. The van der Waals surface area contributed by atoms with E-state index in [4.69, 9.17) is 4.74 Å². The molecule has 0 unspecified atom stereocenters. The summed E-state index contributed by atoms with van der Waals surface area (Å²) in [5.41, 5.74) is 3.18. The van der Waals surface area contributed by atoms with Crippen LogP contribution in [0.4, 0.5) is 5.69 Å². The van der Waals surface area contributed by atoms with Crippen LogP contribution < -0.4 is 9.64 Å². The molecule has 3 aromatic carbocycles. The van der Waals surface area contributed by atoms with E-state index in [2.05, 4.69) is 11.0 Å². The smallest absolute Gasteiger partial charge is 0.234 e. The molecule has 0 atom stereocenters. The van der Waals surface area contributed by atoms with Gasteiger partial charge in [-0.1, -0.05) is 72.8 Å². The van der Waals surface area contributed by atoms with E-state index in [0.717, 1.165) is 35.7 Å². The first-order valence-corrected chi connectivity index (χ1v) is 10.6. The van der Waals surface area contributed by atoms with Gasteiger partial charge >= 0.3 is 0 Å². The molecule has 1 aliphatic heterocycles. The zero-order valence-electron chi connectivity index (χ0n) is 17.4. The minimum Gasteiger partial charge on any atom is -0.492 e. The van der Waals surface area contributed by atoms with Crippen molar-refractivity contribution in [1.82, 2.24) is 4.90 Å². The van der Waals surface area contributed by atoms with Crippen LogP contribution in [0.1, 0.15) is 24.0 Å². The number of amides is 1. The third-order valence-electron chi connectivity index (χ3n) is 5.61. The molecule has 1 saturated heterocycles. The second kappa shape index (κ2) is 9.49. The number of para-hydroxylation sites is 2. The molecule has 4 rings (SSSR count). The van der Waals surface area contributed by atoms with Gasteiger partial charge in [0.15, 0.2) is 0 Å². The van der Waals surface area contributed by atoms with Crippen LogP contribution in [0.15, 0.2) is 84.9 Å². The number of hydrogen-bond donors (Lipinski definition) is 0. The second-order valence-corrected chi connectivity index (χ2v) is 7.47. The summed E-state index contributed by atoms with van der Waals surface area (Å²) in [4.78, 5) is 17.9. The van der Waals surface area contributed by atoms with Crippen molar-refractivity contribution in [1.29, 1.82) is 0 Å². The Kier molecular flexibility index (Phi) is 6.33. The van der Waals surface area contributed by atoms with Gasteiger partial charge in [-0.3, -0.25) is 4.79 Å². The van der Waals surface area contributed by atoms with Crippen LogP contribution in [0.5, 0.6) is 5.75 Å². The predicted octanol–water partition coefficient (Wildman–Crippen LogP) is 4.57. The van der Waals surface area contributed by atoms with Crippen LogP contribution in [0.3, 0.4) is 0 Å². The number of carbonyl (C=O) groups excluding carboxylic acids is 1. The summed E-state index contributed by atoms with van der Waals surface area (Å²) < 4.78 is 5.80. The minimum atomic E-state index is -0.269. The molecule has 0 bridgehead atoms. The van der Waals surface area contributed by atoms with Crippen molar-refractivity contribution in [2.24, 2.45) is 0 Å². The number of anilines is 1.